The molecule has 0 radical (unpaired) electrons. The monoisotopic (exact) mass is 485 g/mol. The van der Waals surface area contributed by atoms with Crippen LogP contribution in [0.4, 0.5) is 17.1 Å². The van der Waals surface area contributed by atoms with Crippen molar-refractivity contribution in [1.29, 1.82) is 0 Å². The van der Waals surface area contributed by atoms with Crippen LogP contribution in [0.2, 0.25) is 0 Å². The van der Waals surface area contributed by atoms with Crippen molar-refractivity contribution >= 4 is 28.8 Å². The van der Waals surface area contributed by atoms with Gasteiger partial charge in [-0.15, -0.1) is 0 Å². The van der Waals surface area contributed by atoms with Crippen LogP contribution in [-0.4, -0.2) is 24.8 Å². The number of para-hydroxylation sites is 4. The van der Waals surface area contributed by atoms with Crippen molar-refractivity contribution in [3.63, 3.8) is 0 Å². The Morgan fingerprint density at radius 1 is 1.11 bits per heavy atom. The molecule has 1 aromatic heterocycles. The van der Waals surface area contributed by atoms with E-state index in [9.17, 15) is 9.59 Å². The van der Waals surface area contributed by atoms with Gasteiger partial charge in [-0.3, -0.25) is 9.59 Å². The number of amides is 1. The number of ether oxygens (including phenoxy) is 1. The molecule has 1 aliphatic carbocycles. The third-order valence-electron chi connectivity index (χ3n) is 6.59. The summed E-state index contributed by atoms with van der Waals surface area (Å²) in [4.78, 5) is 29.0. The maximum atomic E-state index is 13.6. The van der Waals surface area contributed by atoms with Crippen LogP contribution in [0, 0.1) is 5.41 Å². The highest BCUT2D eigenvalue weighted by molar-refractivity contribution is 6.02. The molecule has 2 aromatic carbocycles. The predicted molar refractivity (Wildman–Crippen MR) is 140 cm³/mol. The molecule has 0 saturated carbocycles. The number of nitrogens with one attached hydrogen (secondary N) is 2. The molecule has 0 spiro atoms. The largest absolute Gasteiger partial charge is 0.492 e. The van der Waals surface area contributed by atoms with Crippen molar-refractivity contribution in [3.05, 3.63) is 84.0 Å². The van der Waals surface area contributed by atoms with Gasteiger partial charge in [0.2, 0.25) is 5.91 Å². The minimum atomic E-state index is -0.539. The molecule has 1 amide bonds. The zero-order valence-electron chi connectivity index (χ0n) is 20.8. The Balaban J connectivity index is 1.57. The Kier molecular flexibility index (Phi) is 6.31. The van der Waals surface area contributed by atoms with Gasteiger partial charge in [0.05, 0.1) is 36.5 Å². The van der Waals surface area contributed by atoms with E-state index in [0.717, 1.165) is 23.5 Å². The smallest absolute Gasteiger partial charge is 0.244 e. The SMILES string of the molecule is CCOc1ccccc1NC(=O)CN1c2ccccc2NC2=C(C(=O)CC(C)(C)C2)C1c1ccco1. The first-order valence-corrected chi connectivity index (χ1v) is 12.3. The van der Waals surface area contributed by atoms with Gasteiger partial charge in [-0.2, -0.15) is 0 Å². The Morgan fingerprint density at radius 3 is 2.67 bits per heavy atom. The van der Waals surface area contributed by atoms with E-state index in [1.807, 2.05) is 72.5 Å². The van der Waals surface area contributed by atoms with Gasteiger partial charge in [0.15, 0.2) is 5.78 Å². The Labute approximate surface area is 211 Å². The second-order valence-corrected chi connectivity index (χ2v) is 10.00. The van der Waals surface area contributed by atoms with Crippen LogP contribution in [0.5, 0.6) is 5.75 Å². The highest BCUT2D eigenvalue weighted by Crippen LogP contribution is 2.48. The van der Waals surface area contributed by atoms with Crippen LogP contribution in [0.1, 0.15) is 45.4 Å². The number of carbonyl (C=O) groups excluding carboxylic acids is 2. The van der Waals surface area contributed by atoms with E-state index in [2.05, 4.69) is 24.5 Å². The highest BCUT2D eigenvalue weighted by atomic mass is 16.5. The molecule has 1 aliphatic heterocycles. The maximum Gasteiger partial charge on any atom is 0.244 e. The lowest BCUT2D eigenvalue weighted by Crippen LogP contribution is -2.40. The number of carbonyl (C=O) groups is 2. The number of furan rings is 1. The predicted octanol–water partition coefficient (Wildman–Crippen LogP) is 5.93. The van der Waals surface area contributed by atoms with E-state index in [1.54, 1.807) is 6.26 Å². The Hall–Kier alpha value is -4.00. The van der Waals surface area contributed by atoms with Gasteiger partial charge in [-0.05, 0) is 55.2 Å². The van der Waals surface area contributed by atoms with Crippen LogP contribution in [0.3, 0.4) is 0 Å². The summed E-state index contributed by atoms with van der Waals surface area (Å²) in [6.07, 6.45) is 2.76. The number of Topliss-reactive ketones (excluding diaryl/α,β-unsaturated/α-hetero) is 1. The lowest BCUT2D eigenvalue weighted by atomic mass is 9.74. The standard InChI is InChI=1S/C29H31N3O4/c1-4-35-24-13-8-6-11-20(24)31-26(34)18-32-22-12-7-5-10-19(22)30-21-16-29(2,3)17-23(33)27(21)28(32)25-14-9-15-36-25/h5-15,28,30H,4,16-18H2,1-3H3,(H,31,34). The van der Waals surface area contributed by atoms with Crippen molar-refractivity contribution in [2.45, 2.75) is 39.7 Å². The maximum absolute atomic E-state index is 13.6. The molecular formula is C29H31N3O4. The summed E-state index contributed by atoms with van der Waals surface area (Å²) < 4.78 is 11.5. The van der Waals surface area contributed by atoms with Gasteiger partial charge in [-0.25, -0.2) is 0 Å². The van der Waals surface area contributed by atoms with Gasteiger partial charge >= 0.3 is 0 Å². The minimum Gasteiger partial charge on any atom is -0.492 e. The normalized spacial score (nSPS) is 18.6. The van der Waals surface area contributed by atoms with Crippen molar-refractivity contribution in [1.82, 2.24) is 0 Å². The lowest BCUT2D eigenvalue weighted by Gasteiger charge is -2.36. The molecule has 7 heteroatoms. The second-order valence-electron chi connectivity index (χ2n) is 10.00. The molecule has 5 rings (SSSR count). The number of rotatable bonds is 6. The van der Waals surface area contributed by atoms with Crippen LogP contribution < -0.4 is 20.3 Å². The first kappa shape index (κ1) is 23.7. The van der Waals surface area contributed by atoms with Crippen LogP contribution in [0.25, 0.3) is 0 Å². The fourth-order valence-corrected chi connectivity index (χ4v) is 5.17. The van der Waals surface area contributed by atoms with Crippen LogP contribution >= 0.6 is 0 Å². The summed E-state index contributed by atoms with van der Waals surface area (Å²) in [5.74, 6) is 1.08. The number of hydrogen-bond donors (Lipinski definition) is 2. The van der Waals surface area contributed by atoms with Gasteiger partial charge in [-0.1, -0.05) is 38.1 Å². The third-order valence-corrected chi connectivity index (χ3v) is 6.59. The molecule has 2 N–H and O–H groups in total. The molecule has 36 heavy (non-hydrogen) atoms. The van der Waals surface area contributed by atoms with Gasteiger partial charge < -0.3 is 24.7 Å². The number of ketones is 1. The molecular weight excluding hydrogens is 454 g/mol. The molecule has 1 unspecified atom stereocenters. The van der Waals surface area contributed by atoms with Crippen LogP contribution in [-0.2, 0) is 9.59 Å². The zero-order valence-corrected chi connectivity index (χ0v) is 20.8. The summed E-state index contributed by atoms with van der Waals surface area (Å²) in [6, 6.07) is 18.3. The summed E-state index contributed by atoms with van der Waals surface area (Å²) >= 11 is 0. The first-order valence-electron chi connectivity index (χ1n) is 12.3. The number of benzene rings is 2. The summed E-state index contributed by atoms with van der Waals surface area (Å²) in [6.45, 7) is 6.62. The Morgan fingerprint density at radius 2 is 1.89 bits per heavy atom. The molecule has 186 valence electrons. The number of allylic oxidation sites excluding steroid dienone is 1. The lowest BCUT2D eigenvalue weighted by molar-refractivity contribution is -0.119. The summed E-state index contributed by atoms with van der Waals surface area (Å²) in [5, 5.41) is 6.54. The molecule has 2 aliphatic rings. The van der Waals surface area contributed by atoms with E-state index in [0.29, 0.717) is 35.8 Å². The minimum absolute atomic E-state index is 0.0119. The van der Waals surface area contributed by atoms with E-state index in [4.69, 9.17) is 9.15 Å². The molecule has 0 bridgehead atoms. The van der Waals surface area contributed by atoms with E-state index >= 15 is 0 Å². The van der Waals surface area contributed by atoms with Crippen LogP contribution in [0.15, 0.2) is 82.6 Å². The second kappa shape index (κ2) is 9.57. The molecule has 7 nitrogen and oxygen atoms in total. The summed E-state index contributed by atoms with van der Waals surface area (Å²) in [5.41, 5.74) is 3.66. The van der Waals surface area contributed by atoms with Crippen molar-refractivity contribution in [2.24, 2.45) is 5.41 Å². The highest BCUT2D eigenvalue weighted by Gasteiger charge is 2.42. The topological polar surface area (TPSA) is 83.8 Å². The average Bonchev–Trinajstić information content (AvgIpc) is 3.32. The Bertz CT molecular complexity index is 1310. The number of nitrogens with zero attached hydrogens (tertiary/aromatic N) is 1. The third kappa shape index (κ3) is 4.61. The molecule has 0 fully saturated rings. The molecule has 3 aromatic rings. The van der Waals surface area contributed by atoms with Crippen molar-refractivity contribution in [2.75, 3.05) is 28.7 Å². The van der Waals surface area contributed by atoms with E-state index < -0.39 is 6.04 Å². The number of hydrogen-bond acceptors (Lipinski definition) is 6. The van der Waals surface area contributed by atoms with Gasteiger partial charge in [0, 0.05) is 17.7 Å². The molecule has 0 saturated heterocycles. The zero-order chi connectivity index (χ0) is 25.3. The fourth-order valence-electron chi connectivity index (χ4n) is 5.17. The van der Waals surface area contributed by atoms with Crippen molar-refractivity contribution < 1.29 is 18.7 Å². The number of fused-ring (bicyclic) bond motifs is 1. The van der Waals surface area contributed by atoms with E-state index in [-0.39, 0.29) is 23.7 Å². The molecule has 2 heterocycles. The van der Waals surface area contributed by atoms with Gasteiger partial charge in [0.1, 0.15) is 17.6 Å². The quantitative estimate of drug-likeness (QED) is 0.450. The molecule has 1 atom stereocenters. The number of anilines is 3. The average molecular weight is 486 g/mol. The van der Waals surface area contributed by atoms with Gasteiger partial charge in [0.25, 0.3) is 0 Å². The first-order chi connectivity index (χ1) is 17.4. The summed E-state index contributed by atoms with van der Waals surface area (Å²) in [7, 11) is 0. The van der Waals surface area contributed by atoms with E-state index in [1.165, 1.54) is 0 Å². The fraction of sp³-hybridized carbons (Fsp3) is 0.310. The van der Waals surface area contributed by atoms with Crippen molar-refractivity contribution in [3.8, 4) is 5.75 Å².